The number of nitrogens with two attached hydrogens (primary N) is 1. The number of primary amides is 1. The Morgan fingerprint density at radius 2 is 1.57 bits per heavy atom. The van der Waals surface area contributed by atoms with E-state index in [1.807, 2.05) is 0 Å². The van der Waals surface area contributed by atoms with Gasteiger partial charge in [0.15, 0.2) is 0 Å². The van der Waals surface area contributed by atoms with Crippen molar-refractivity contribution in [2.24, 2.45) is 5.73 Å². The Bertz CT molecular complexity index is 78.9. The minimum atomic E-state index is -1.60. The highest BCUT2D eigenvalue weighted by atomic mass is 28.1. The summed E-state index contributed by atoms with van der Waals surface area (Å²) in [4.78, 5) is 18.5. The quantitative estimate of drug-likeness (QED) is 0.266. The summed E-state index contributed by atoms with van der Waals surface area (Å²) >= 11 is 0. The summed E-state index contributed by atoms with van der Waals surface area (Å²) in [6.07, 6.45) is 0. The lowest BCUT2D eigenvalue weighted by Gasteiger charge is -1.74. The van der Waals surface area contributed by atoms with E-state index in [4.69, 9.17) is 5.11 Å². The predicted molar refractivity (Wildman–Crippen MR) is 28.2 cm³/mol. The maximum Gasteiger partial charge on any atom is 0.394 e. The maximum atomic E-state index is 9.32. The highest BCUT2D eigenvalue weighted by Crippen LogP contribution is 1.51. The van der Waals surface area contributed by atoms with Crippen LogP contribution < -0.4 is 5.73 Å². The zero-order chi connectivity index (χ0) is 5.15. The van der Waals surface area contributed by atoms with Crippen LogP contribution in [0.5, 0.6) is 0 Å². The molecule has 0 saturated carbocycles. The highest BCUT2D eigenvalue weighted by molar-refractivity contribution is 6.30. The molecule has 0 spiro atoms. The average molecular weight is 121 g/mol. The number of hydrogen-bond donors (Lipinski definition) is 2. The Labute approximate surface area is 44.3 Å². The Kier molecular flexibility index (Phi) is 4.54. The fourth-order valence-corrected chi connectivity index (χ4v) is 0. The SMILES string of the molecule is NC(=O)C(=O)O.[SiH4]. The molecule has 0 atom stereocenters. The number of aliphatic carboxylic acids is 1. The molecule has 5 heteroatoms. The highest BCUT2D eigenvalue weighted by Gasteiger charge is 2.00. The minimum absolute atomic E-state index is 0. The van der Waals surface area contributed by atoms with Crippen molar-refractivity contribution in [3.05, 3.63) is 0 Å². The zero-order valence-electron chi connectivity index (χ0n) is 2.84. The van der Waals surface area contributed by atoms with Crippen LogP contribution in [0.25, 0.3) is 0 Å². The normalized spacial score (nSPS) is 6.29. The summed E-state index contributed by atoms with van der Waals surface area (Å²) in [5, 5.41) is 7.52. The number of carboxylic acid groups (broad SMARTS) is 1. The second-order valence-electron chi connectivity index (χ2n) is 0.669. The first kappa shape index (κ1) is 9.48. The molecule has 0 aromatic carbocycles. The third-order valence-corrected chi connectivity index (χ3v) is 0.211. The van der Waals surface area contributed by atoms with Crippen molar-refractivity contribution in [3.63, 3.8) is 0 Å². The van der Waals surface area contributed by atoms with Gasteiger partial charge in [-0.25, -0.2) is 4.79 Å². The topological polar surface area (TPSA) is 80.4 Å². The van der Waals surface area contributed by atoms with Gasteiger partial charge in [-0.05, 0) is 11.0 Å². The van der Waals surface area contributed by atoms with Gasteiger partial charge in [-0.3, -0.25) is 4.79 Å². The molecule has 0 rings (SSSR count). The van der Waals surface area contributed by atoms with Crippen molar-refractivity contribution in [2.75, 3.05) is 0 Å². The predicted octanol–water partition coefficient (Wildman–Crippen LogP) is -2.90. The molecular formula is C2H7NO3Si. The Morgan fingerprint density at radius 1 is 1.43 bits per heavy atom. The van der Waals surface area contributed by atoms with E-state index >= 15 is 0 Å². The molecular weight excluding hydrogens is 114 g/mol. The second kappa shape index (κ2) is 3.35. The van der Waals surface area contributed by atoms with Gasteiger partial charge in [-0.2, -0.15) is 0 Å². The van der Waals surface area contributed by atoms with Crippen LogP contribution in [0, 0.1) is 0 Å². The van der Waals surface area contributed by atoms with Gasteiger partial charge in [-0.15, -0.1) is 0 Å². The van der Waals surface area contributed by atoms with Crippen LogP contribution in [0.2, 0.25) is 0 Å². The van der Waals surface area contributed by atoms with E-state index in [9.17, 15) is 9.59 Å². The summed E-state index contributed by atoms with van der Waals surface area (Å²) in [6.45, 7) is 0. The number of amides is 1. The number of hydrogen-bond acceptors (Lipinski definition) is 2. The van der Waals surface area contributed by atoms with Crippen LogP contribution in [-0.2, 0) is 9.59 Å². The number of carbonyl (C=O) groups is 2. The molecule has 0 bridgehead atoms. The first-order chi connectivity index (χ1) is 2.64. The summed E-state index contributed by atoms with van der Waals surface area (Å²) in [6, 6.07) is 0. The van der Waals surface area contributed by atoms with Crippen LogP contribution in [0.4, 0.5) is 0 Å². The van der Waals surface area contributed by atoms with Gasteiger partial charge < -0.3 is 10.8 Å². The van der Waals surface area contributed by atoms with Crippen molar-refractivity contribution < 1.29 is 14.7 Å². The molecule has 0 aliphatic rings. The van der Waals surface area contributed by atoms with Gasteiger partial charge >= 0.3 is 11.9 Å². The third-order valence-electron chi connectivity index (χ3n) is 0.211. The molecule has 0 aliphatic heterocycles. The fraction of sp³-hybridized carbons (Fsp3) is 0. The molecule has 0 heterocycles. The minimum Gasteiger partial charge on any atom is -0.474 e. The smallest absolute Gasteiger partial charge is 0.394 e. The first-order valence-corrected chi connectivity index (χ1v) is 1.17. The summed E-state index contributed by atoms with van der Waals surface area (Å²) in [7, 11) is 0. The van der Waals surface area contributed by atoms with Crippen molar-refractivity contribution in [2.45, 2.75) is 0 Å². The van der Waals surface area contributed by atoms with Crippen molar-refractivity contribution in [3.8, 4) is 0 Å². The van der Waals surface area contributed by atoms with E-state index in [1.165, 1.54) is 0 Å². The fourth-order valence-electron chi connectivity index (χ4n) is 0. The van der Waals surface area contributed by atoms with Gasteiger partial charge in [0.05, 0.1) is 0 Å². The Balaban J connectivity index is 0. The number of carboxylic acids is 1. The molecule has 0 aromatic rings. The van der Waals surface area contributed by atoms with Crippen LogP contribution in [0.15, 0.2) is 0 Å². The van der Waals surface area contributed by atoms with Crippen LogP contribution >= 0.6 is 0 Å². The van der Waals surface area contributed by atoms with Crippen molar-refractivity contribution in [1.82, 2.24) is 0 Å². The molecule has 0 unspecified atom stereocenters. The van der Waals surface area contributed by atoms with E-state index in [1.54, 1.807) is 0 Å². The van der Waals surface area contributed by atoms with Gasteiger partial charge in [0, 0.05) is 0 Å². The van der Waals surface area contributed by atoms with Crippen LogP contribution in [-0.4, -0.2) is 27.9 Å². The van der Waals surface area contributed by atoms with Gasteiger partial charge in [0.1, 0.15) is 0 Å². The van der Waals surface area contributed by atoms with Crippen LogP contribution in [0.3, 0.4) is 0 Å². The van der Waals surface area contributed by atoms with Crippen molar-refractivity contribution in [1.29, 1.82) is 0 Å². The van der Waals surface area contributed by atoms with E-state index in [0.717, 1.165) is 0 Å². The average Bonchev–Trinajstić information content (AvgIpc) is 1.36. The standard InChI is InChI=1S/C2H3NO3.H4Si/c3-1(4)2(5)6;/h(H2,3,4)(H,5,6);1H4. The van der Waals surface area contributed by atoms with E-state index in [2.05, 4.69) is 5.73 Å². The molecule has 42 valence electrons. The lowest BCUT2D eigenvalue weighted by Crippen LogP contribution is -2.21. The molecule has 0 aromatic heterocycles. The lowest BCUT2D eigenvalue weighted by molar-refractivity contribution is -0.148. The summed E-state index contributed by atoms with van der Waals surface area (Å²) in [5.74, 6) is -2.93. The second-order valence-corrected chi connectivity index (χ2v) is 0.669. The number of carbonyl (C=O) groups excluding carboxylic acids is 1. The zero-order valence-corrected chi connectivity index (χ0v) is 2.84. The monoisotopic (exact) mass is 121 g/mol. The largest absolute Gasteiger partial charge is 0.474 e. The van der Waals surface area contributed by atoms with Gasteiger partial charge in [0.2, 0.25) is 0 Å². The Morgan fingerprint density at radius 3 is 1.57 bits per heavy atom. The number of rotatable bonds is 0. The van der Waals surface area contributed by atoms with Gasteiger partial charge in [-0.1, -0.05) is 0 Å². The van der Waals surface area contributed by atoms with E-state index in [0.29, 0.717) is 0 Å². The molecule has 0 radical (unpaired) electrons. The molecule has 4 nitrogen and oxygen atoms in total. The van der Waals surface area contributed by atoms with Gasteiger partial charge in [0.25, 0.3) is 0 Å². The van der Waals surface area contributed by atoms with E-state index in [-0.39, 0.29) is 11.0 Å². The summed E-state index contributed by atoms with van der Waals surface area (Å²) in [5.41, 5.74) is 4.20. The maximum absolute atomic E-state index is 9.32. The lowest BCUT2D eigenvalue weighted by atomic mass is 10.7. The van der Waals surface area contributed by atoms with E-state index < -0.39 is 11.9 Å². The molecule has 7 heavy (non-hydrogen) atoms. The third kappa shape index (κ3) is 5.16. The molecule has 1 amide bonds. The first-order valence-electron chi connectivity index (χ1n) is 1.17. The Hall–Kier alpha value is -0.843. The molecule has 0 aliphatic carbocycles. The summed E-state index contributed by atoms with van der Waals surface area (Å²) < 4.78 is 0. The van der Waals surface area contributed by atoms with Crippen LogP contribution in [0.1, 0.15) is 0 Å². The molecule has 3 N–H and O–H groups in total. The van der Waals surface area contributed by atoms with Crippen molar-refractivity contribution >= 4 is 22.8 Å². The molecule has 0 fully saturated rings. The molecule has 0 saturated heterocycles.